The molecule has 1 aliphatic rings. The minimum atomic E-state index is -0.872. The molecule has 2 rings (SSSR count). The molecule has 5 heteroatoms. The highest BCUT2D eigenvalue weighted by molar-refractivity contribution is 7.98. The van der Waals surface area contributed by atoms with E-state index in [4.69, 9.17) is 4.42 Å². The van der Waals surface area contributed by atoms with Crippen LogP contribution in [0.15, 0.2) is 10.5 Å². The predicted molar refractivity (Wildman–Crippen MR) is 94.8 cm³/mol. The fourth-order valence-electron chi connectivity index (χ4n) is 2.79. The first-order valence-corrected chi connectivity index (χ1v) is 9.52. The maximum atomic E-state index is 12.7. The van der Waals surface area contributed by atoms with Gasteiger partial charge in [0.1, 0.15) is 5.76 Å². The monoisotopic (exact) mass is 339 g/mol. The third-order valence-electron chi connectivity index (χ3n) is 4.96. The summed E-state index contributed by atoms with van der Waals surface area (Å²) in [6.07, 6.45) is 2.41. The van der Waals surface area contributed by atoms with Crippen molar-refractivity contribution in [3.63, 3.8) is 0 Å². The molecule has 0 saturated carbocycles. The minimum Gasteiger partial charge on any atom is -0.456 e. The van der Waals surface area contributed by atoms with Crippen LogP contribution >= 0.6 is 11.8 Å². The molecule has 0 radical (unpaired) electrons. The molecule has 1 atom stereocenters. The second kappa shape index (κ2) is 6.89. The lowest BCUT2D eigenvalue weighted by Crippen LogP contribution is -2.40. The van der Waals surface area contributed by atoms with Gasteiger partial charge in [0.2, 0.25) is 0 Å². The molecule has 1 aliphatic heterocycles. The number of rotatable bonds is 6. The van der Waals surface area contributed by atoms with Gasteiger partial charge in [-0.15, -0.1) is 0 Å². The van der Waals surface area contributed by atoms with Crippen LogP contribution < -0.4 is 0 Å². The Labute approximate surface area is 143 Å². The summed E-state index contributed by atoms with van der Waals surface area (Å²) in [7, 11) is 0. The van der Waals surface area contributed by atoms with E-state index in [2.05, 4.69) is 6.92 Å². The SMILES string of the molecule is CCCCSCc1cc(C(=O)N2CC(C)(C)[C@@](C)(O)C2)oc1C. The van der Waals surface area contributed by atoms with Crippen molar-refractivity contribution in [1.82, 2.24) is 4.90 Å². The van der Waals surface area contributed by atoms with E-state index in [-0.39, 0.29) is 11.3 Å². The molecular weight excluding hydrogens is 310 g/mol. The van der Waals surface area contributed by atoms with Crippen LogP contribution in [0.1, 0.15) is 62.4 Å². The maximum Gasteiger partial charge on any atom is 0.289 e. The Balaban J connectivity index is 2.04. The Morgan fingerprint density at radius 2 is 2.09 bits per heavy atom. The molecule has 1 amide bonds. The molecule has 0 spiro atoms. The van der Waals surface area contributed by atoms with Crippen molar-refractivity contribution in [2.75, 3.05) is 18.8 Å². The van der Waals surface area contributed by atoms with Crippen molar-refractivity contribution in [1.29, 1.82) is 0 Å². The number of hydrogen-bond acceptors (Lipinski definition) is 4. The van der Waals surface area contributed by atoms with E-state index in [1.165, 1.54) is 12.8 Å². The number of thioether (sulfide) groups is 1. The molecule has 0 aromatic carbocycles. The second-order valence-corrected chi connectivity index (χ2v) is 8.52. The summed E-state index contributed by atoms with van der Waals surface area (Å²) < 4.78 is 5.70. The summed E-state index contributed by atoms with van der Waals surface area (Å²) in [5, 5.41) is 10.5. The average molecular weight is 340 g/mol. The summed E-state index contributed by atoms with van der Waals surface area (Å²) in [6.45, 7) is 10.8. The van der Waals surface area contributed by atoms with Gasteiger partial charge in [-0.05, 0) is 32.1 Å². The third-order valence-corrected chi connectivity index (χ3v) is 6.05. The number of nitrogens with zero attached hydrogens (tertiary/aromatic N) is 1. The van der Waals surface area contributed by atoms with Gasteiger partial charge in [0.05, 0.1) is 12.1 Å². The van der Waals surface area contributed by atoms with E-state index in [1.807, 2.05) is 38.6 Å². The zero-order chi connectivity index (χ0) is 17.3. The molecule has 2 heterocycles. The van der Waals surface area contributed by atoms with Crippen molar-refractivity contribution in [2.24, 2.45) is 5.41 Å². The molecule has 1 N–H and O–H groups in total. The number of amides is 1. The van der Waals surface area contributed by atoms with E-state index in [1.54, 1.807) is 11.8 Å². The fraction of sp³-hybridized carbons (Fsp3) is 0.722. The van der Waals surface area contributed by atoms with Crippen molar-refractivity contribution < 1.29 is 14.3 Å². The number of aryl methyl sites for hydroxylation is 1. The number of β-amino-alcohol motifs (C(OH)–C–C–N with tert-alkyl or cyclic N) is 1. The summed E-state index contributed by atoms with van der Waals surface area (Å²) in [5.41, 5.74) is -0.0913. The third kappa shape index (κ3) is 3.94. The number of unbranched alkanes of at least 4 members (excludes halogenated alkanes) is 1. The molecule has 0 bridgehead atoms. The number of aliphatic hydroxyl groups is 1. The van der Waals surface area contributed by atoms with Crippen LogP contribution in [0.4, 0.5) is 0 Å². The lowest BCUT2D eigenvalue weighted by Gasteiger charge is -2.30. The molecule has 1 aromatic rings. The van der Waals surface area contributed by atoms with Gasteiger partial charge in [0.25, 0.3) is 5.91 Å². The smallest absolute Gasteiger partial charge is 0.289 e. The van der Waals surface area contributed by atoms with Crippen LogP contribution in [0.2, 0.25) is 0 Å². The van der Waals surface area contributed by atoms with Gasteiger partial charge >= 0.3 is 0 Å². The Morgan fingerprint density at radius 1 is 1.39 bits per heavy atom. The first-order valence-electron chi connectivity index (χ1n) is 8.36. The van der Waals surface area contributed by atoms with Gasteiger partial charge in [-0.2, -0.15) is 11.8 Å². The first-order chi connectivity index (χ1) is 10.7. The largest absolute Gasteiger partial charge is 0.456 e. The van der Waals surface area contributed by atoms with Gasteiger partial charge in [-0.3, -0.25) is 4.79 Å². The van der Waals surface area contributed by atoms with Crippen LogP contribution in [0, 0.1) is 12.3 Å². The van der Waals surface area contributed by atoms with Crippen LogP contribution in [0.5, 0.6) is 0 Å². The molecule has 1 aromatic heterocycles. The van der Waals surface area contributed by atoms with E-state index in [0.29, 0.717) is 18.8 Å². The normalized spacial score (nSPS) is 23.5. The van der Waals surface area contributed by atoms with Crippen LogP contribution in [-0.4, -0.2) is 40.4 Å². The van der Waals surface area contributed by atoms with Crippen LogP contribution in [0.3, 0.4) is 0 Å². The average Bonchev–Trinajstić information content (AvgIpc) is 2.92. The second-order valence-electron chi connectivity index (χ2n) is 7.42. The first kappa shape index (κ1) is 18.4. The molecule has 0 aliphatic carbocycles. The summed E-state index contributed by atoms with van der Waals surface area (Å²) in [5.74, 6) is 3.10. The van der Waals surface area contributed by atoms with E-state index in [0.717, 1.165) is 22.8 Å². The van der Waals surface area contributed by atoms with Crippen molar-refractivity contribution in [3.05, 3.63) is 23.2 Å². The fourth-order valence-corrected chi connectivity index (χ4v) is 3.93. The van der Waals surface area contributed by atoms with E-state index < -0.39 is 5.60 Å². The lowest BCUT2D eigenvalue weighted by molar-refractivity contribution is -0.0108. The Bertz CT molecular complexity index is 547. The predicted octanol–water partition coefficient (Wildman–Crippen LogP) is 3.85. The van der Waals surface area contributed by atoms with Gasteiger partial charge in [-0.1, -0.05) is 27.2 Å². The lowest BCUT2D eigenvalue weighted by atomic mass is 9.79. The molecule has 130 valence electrons. The van der Waals surface area contributed by atoms with Crippen molar-refractivity contribution >= 4 is 17.7 Å². The summed E-state index contributed by atoms with van der Waals surface area (Å²) in [4.78, 5) is 14.4. The van der Waals surface area contributed by atoms with E-state index >= 15 is 0 Å². The van der Waals surface area contributed by atoms with Gasteiger partial charge in [-0.25, -0.2) is 0 Å². The molecule has 23 heavy (non-hydrogen) atoms. The Kier molecular flexibility index (Phi) is 5.52. The minimum absolute atomic E-state index is 0.122. The Hall–Kier alpha value is -0.940. The highest BCUT2D eigenvalue weighted by atomic mass is 32.2. The summed E-state index contributed by atoms with van der Waals surface area (Å²) >= 11 is 1.88. The van der Waals surface area contributed by atoms with Crippen molar-refractivity contribution in [2.45, 2.75) is 58.8 Å². The van der Waals surface area contributed by atoms with Crippen LogP contribution in [-0.2, 0) is 5.75 Å². The molecule has 1 fully saturated rings. The van der Waals surface area contributed by atoms with Gasteiger partial charge in [0, 0.05) is 23.3 Å². The molecular formula is C18H29NO3S. The number of likely N-dealkylation sites (tertiary alicyclic amines) is 1. The Morgan fingerprint density at radius 3 is 2.65 bits per heavy atom. The van der Waals surface area contributed by atoms with E-state index in [9.17, 15) is 9.90 Å². The van der Waals surface area contributed by atoms with Crippen molar-refractivity contribution in [3.8, 4) is 0 Å². The zero-order valence-electron chi connectivity index (χ0n) is 14.9. The number of carbonyl (C=O) groups excluding carboxylic acids is 1. The highest BCUT2D eigenvalue weighted by Gasteiger charge is 2.49. The number of hydrogen-bond donors (Lipinski definition) is 1. The highest BCUT2D eigenvalue weighted by Crippen LogP contribution is 2.39. The summed E-state index contributed by atoms with van der Waals surface area (Å²) in [6, 6.07) is 1.87. The zero-order valence-corrected chi connectivity index (χ0v) is 15.8. The number of furan rings is 1. The molecule has 1 saturated heterocycles. The van der Waals surface area contributed by atoms with Gasteiger partial charge in [0.15, 0.2) is 5.76 Å². The number of carbonyl (C=O) groups is 1. The standard InChI is InChI=1S/C18H29NO3S/c1-6-7-8-23-10-14-9-15(22-13(14)2)16(20)19-11-17(3,4)18(5,21)12-19/h9,21H,6-8,10-12H2,1-5H3/t18-/m0/s1. The van der Waals surface area contributed by atoms with Gasteiger partial charge < -0.3 is 14.4 Å². The topological polar surface area (TPSA) is 53.7 Å². The maximum absolute atomic E-state index is 12.7. The quantitative estimate of drug-likeness (QED) is 0.800. The molecule has 4 nitrogen and oxygen atoms in total. The van der Waals surface area contributed by atoms with Crippen LogP contribution in [0.25, 0.3) is 0 Å². The molecule has 0 unspecified atom stereocenters.